The van der Waals surface area contributed by atoms with E-state index < -0.39 is 11.9 Å². The van der Waals surface area contributed by atoms with Crippen LogP contribution in [0.1, 0.15) is 17.2 Å². The Bertz CT molecular complexity index is 606. The average molecular weight is 345 g/mol. The first kappa shape index (κ1) is 14.3. The summed E-state index contributed by atoms with van der Waals surface area (Å²) >= 11 is 9.09. The maximum absolute atomic E-state index is 13.9. The van der Waals surface area contributed by atoms with Gasteiger partial charge in [-0.1, -0.05) is 39.7 Å². The van der Waals surface area contributed by atoms with Crippen LogP contribution in [-0.4, -0.2) is 7.11 Å². The maximum Gasteiger partial charge on any atom is 0.129 e. The molecule has 0 fully saturated rings. The second-order valence-electron chi connectivity index (χ2n) is 4.03. The molecule has 0 aliphatic carbocycles. The number of nitrogens with two attached hydrogens (primary N) is 1. The molecular weight excluding hydrogens is 333 g/mol. The molecule has 19 heavy (non-hydrogen) atoms. The van der Waals surface area contributed by atoms with Crippen LogP contribution < -0.4 is 10.5 Å². The van der Waals surface area contributed by atoms with Crippen molar-refractivity contribution in [3.05, 3.63) is 62.8 Å². The molecule has 2 rings (SSSR count). The van der Waals surface area contributed by atoms with Gasteiger partial charge in [0.25, 0.3) is 0 Å². The van der Waals surface area contributed by atoms with Gasteiger partial charge in [-0.3, -0.25) is 0 Å². The zero-order valence-corrected chi connectivity index (χ0v) is 12.5. The molecule has 0 amide bonds. The minimum absolute atomic E-state index is 0.344. The second-order valence-corrected chi connectivity index (χ2v) is 5.38. The molecule has 0 aliphatic heterocycles. The number of halogens is 3. The van der Waals surface area contributed by atoms with E-state index in [0.29, 0.717) is 21.9 Å². The molecule has 0 saturated heterocycles. The number of rotatable bonds is 3. The molecule has 100 valence electrons. The highest BCUT2D eigenvalue weighted by atomic mass is 79.9. The summed E-state index contributed by atoms with van der Waals surface area (Å²) in [6.45, 7) is 0. The smallest absolute Gasteiger partial charge is 0.129 e. The molecule has 0 radical (unpaired) electrons. The summed E-state index contributed by atoms with van der Waals surface area (Å²) in [5, 5.41) is 0.344. The number of hydrogen-bond donors (Lipinski definition) is 1. The van der Waals surface area contributed by atoms with Gasteiger partial charge in [0.1, 0.15) is 11.6 Å². The van der Waals surface area contributed by atoms with Crippen LogP contribution in [-0.2, 0) is 0 Å². The quantitative estimate of drug-likeness (QED) is 0.901. The lowest BCUT2D eigenvalue weighted by molar-refractivity contribution is 0.407. The summed E-state index contributed by atoms with van der Waals surface area (Å²) in [5.41, 5.74) is 7.21. The highest BCUT2D eigenvalue weighted by molar-refractivity contribution is 9.10. The van der Waals surface area contributed by atoms with Crippen molar-refractivity contribution in [2.75, 3.05) is 7.11 Å². The van der Waals surface area contributed by atoms with Crippen molar-refractivity contribution in [3.8, 4) is 5.75 Å². The van der Waals surface area contributed by atoms with Crippen molar-refractivity contribution < 1.29 is 9.13 Å². The first-order valence-electron chi connectivity index (χ1n) is 5.57. The lowest BCUT2D eigenvalue weighted by Gasteiger charge is -2.17. The lowest BCUT2D eigenvalue weighted by Crippen LogP contribution is -2.14. The summed E-state index contributed by atoms with van der Waals surface area (Å²) in [4.78, 5) is 0. The Balaban J connectivity index is 2.46. The number of methoxy groups -OCH3 is 1. The second kappa shape index (κ2) is 5.90. The zero-order chi connectivity index (χ0) is 14.0. The lowest BCUT2D eigenvalue weighted by atomic mass is 9.98. The first-order valence-corrected chi connectivity index (χ1v) is 6.74. The third-order valence-corrected chi connectivity index (χ3v) is 3.56. The minimum Gasteiger partial charge on any atom is -0.496 e. The third kappa shape index (κ3) is 3.08. The largest absolute Gasteiger partial charge is 0.496 e. The number of hydrogen-bond acceptors (Lipinski definition) is 2. The Morgan fingerprint density at radius 2 is 1.89 bits per heavy atom. The molecule has 0 saturated carbocycles. The van der Waals surface area contributed by atoms with E-state index in [1.54, 1.807) is 25.3 Å². The van der Waals surface area contributed by atoms with Crippen LogP contribution in [0.2, 0.25) is 5.02 Å². The van der Waals surface area contributed by atoms with Crippen molar-refractivity contribution >= 4 is 27.5 Å². The van der Waals surface area contributed by atoms with E-state index in [-0.39, 0.29) is 0 Å². The summed E-state index contributed by atoms with van der Waals surface area (Å²) in [6, 6.07) is 9.29. The van der Waals surface area contributed by atoms with Gasteiger partial charge in [0.15, 0.2) is 0 Å². The highest BCUT2D eigenvalue weighted by Gasteiger charge is 2.17. The van der Waals surface area contributed by atoms with Crippen LogP contribution in [0.3, 0.4) is 0 Å². The minimum atomic E-state index is -0.611. The standard InChI is InChI=1S/C14H12BrClFNO/c1-19-13-6-8(15)2-4-11(13)14(18)10-5-3-9(16)7-12(10)17/h2-7,14H,18H2,1H3. The van der Waals surface area contributed by atoms with Crippen molar-refractivity contribution in [3.63, 3.8) is 0 Å². The van der Waals surface area contributed by atoms with Crippen molar-refractivity contribution in [1.29, 1.82) is 0 Å². The first-order chi connectivity index (χ1) is 9.02. The molecule has 5 heteroatoms. The van der Waals surface area contributed by atoms with Crippen LogP contribution in [0.15, 0.2) is 40.9 Å². The topological polar surface area (TPSA) is 35.2 Å². The summed E-state index contributed by atoms with van der Waals surface area (Å²) in [5.74, 6) is 0.182. The molecule has 0 bridgehead atoms. The van der Waals surface area contributed by atoms with Gasteiger partial charge in [0.05, 0.1) is 13.2 Å². The average Bonchev–Trinajstić information content (AvgIpc) is 2.37. The molecule has 0 aromatic heterocycles. The van der Waals surface area contributed by atoms with Crippen LogP contribution in [0, 0.1) is 5.82 Å². The maximum atomic E-state index is 13.9. The molecule has 1 atom stereocenters. The van der Waals surface area contributed by atoms with Crippen LogP contribution in [0.4, 0.5) is 4.39 Å². The van der Waals surface area contributed by atoms with Crippen molar-refractivity contribution in [2.24, 2.45) is 5.73 Å². The molecule has 2 nitrogen and oxygen atoms in total. The number of benzene rings is 2. The van der Waals surface area contributed by atoms with Crippen LogP contribution >= 0.6 is 27.5 Å². The van der Waals surface area contributed by atoms with Gasteiger partial charge in [-0.05, 0) is 24.3 Å². The fraction of sp³-hybridized carbons (Fsp3) is 0.143. The summed E-state index contributed by atoms with van der Waals surface area (Å²) < 4.78 is 20.0. The number of ether oxygens (including phenoxy) is 1. The molecular formula is C14H12BrClFNO. The van der Waals surface area contributed by atoms with E-state index in [4.69, 9.17) is 22.1 Å². The normalized spacial score (nSPS) is 12.3. The summed E-state index contributed by atoms with van der Waals surface area (Å²) in [6.07, 6.45) is 0. The van der Waals surface area contributed by atoms with E-state index in [2.05, 4.69) is 15.9 Å². The van der Waals surface area contributed by atoms with E-state index in [1.165, 1.54) is 6.07 Å². The van der Waals surface area contributed by atoms with Gasteiger partial charge >= 0.3 is 0 Å². The zero-order valence-electron chi connectivity index (χ0n) is 10.2. The van der Waals surface area contributed by atoms with E-state index in [1.807, 2.05) is 12.1 Å². The Hall–Kier alpha value is -1.10. The summed E-state index contributed by atoms with van der Waals surface area (Å²) in [7, 11) is 1.55. The molecule has 2 aromatic rings. The molecule has 0 heterocycles. The molecule has 1 unspecified atom stereocenters. The Kier molecular flexibility index (Phi) is 4.45. The van der Waals surface area contributed by atoms with Crippen LogP contribution in [0.25, 0.3) is 0 Å². The fourth-order valence-corrected chi connectivity index (χ4v) is 2.36. The SMILES string of the molecule is COc1cc(Br)ccc1C(N)c1ccc(Cl)cc1F. The van der Waals surface area contributed by atoms with Gasteiger partial charge in [0, 0.05) is 20.6 Å². The monoisotopic (exact) mass is 343 g/mol. The molecule has 2 aromatic carbocycles. The Morgan fingerprint density at radius 3 is 2.53 bits per heavy atom. The fourth-order valence-electron chi connectivity index (χ4n) is 1.86. The van der Waals surface area contributed by atoms with Gasteiger partial charge in [-0.15, -0.1) is 0 Å². The van der Waals surface area contributed by atoms with Gasteiger partial charge < -0.3 is 10.5 Å². The Morgan fingerprint density at radius 1 is 1.21 bits per heavy atom. The van der Waals surface area contributed by atoms with E-state index in [9.17, 15) is 4.39 Å². The van der Waals surface area contributed by atoms with Crippen molar-refractivity contribution in [2.45, 2.75) is 6.04 Å². The van der Waals surface area contributed by atoms with E-state index >= 15 is 0 Å². The highest BCUT2D eigenvalue weighted by Crippen LogP contribution is 2.32. The van der Waals surface area contributed by atoms with E-state index in [0.717, 1.165) is 4.47 Å². The Labute approximate surface area is 124 Å². The van der Waals surface area contributed by atoms with Gasteiger partial charge in [-0.2, -0.15) is 0 Å². The third-order valence-electron chi connectivity index (χ3n) is 2.83. The van der Waals surface area contributed by atoms with Gasteiger partial charge in [-0.25, -0.2) is 4.39 Å². The van der Waals surface area contributed by atoms with Crippen molar-refractivity contribution in [1.82, 2.24) is 0 Å². The molecule has 2 N–H and O–H groups in total. The molecule has 0 aliphatic rings. The predicted octanol–water partition coefficient (Wildman–Crippen LogP) is 4.30. The van der Waals surface area contributed by atoms with Crippen LogP contribution in [0.5, 0.6) is 5.75 Å². The predicted molar refractivity (Wildman–Crippen MR) is 78.1 cm³/mol. The molecule has 0 spiro atoms. The van der Waals surface area contributed by atoms with Gasteiger partial charge in [0.2, 0.25) is 0 Å².